The monoisotopic (exact) mass is 410 g/mol. The molecule has 0 unspecified atom stereocenters. The lowest BCUT2D eigenvalue weighted by Gasteiger charge is -2.19. The highest BCUT2D eigenvalue weighted by atomic mass is 16.6. The Kier molecular flexibility index (Phi) is 6.56. The highest BCUT2D eigenvalue weighted by molar-refractivity contribution is 5.91. The molecule has 0 aliphatic carbocycles. The summed E-state index contributed by atoms with van der Waals surface area (Å²) < 4.78 is 12.9. The number of carbonyl (C=O) groups excluding carboxylic acids is 2. The predicted molar refractivity (Wildman–Crippen MR) is 113 cm³/mol. The molecule has 0 fully saturated rings. The number of anilines is 1. The third-order valence-corrected chi connectivity index (χ3v) is 3.94. The van der Waals surface area contributed by atoms with Gasteiger partial charge in [-0.2, -0.15) is 0 Å². The van der Waals surface area contributed by atoms with Gasteiger partial charge in [-0.25, -0.2) is 9.78 Å². The number of aromatic nitrogens is 2. The van der Waals surface area contributed by atoms with E-state index in [1.165, 1.54) is 0 Å². The first-order valence-electron chi connectivity index (χ1n) is 9.71. The van der Waals surface area contributed by atoms with Crippen LogP contribution in [0.2, 0.25) is 0 Å². The van der Waals surface area contributed by atoms with Gasteiger partial charge in [-0.05, 0) is 45.0 Å². The molecule has 8 heteroatoms. The van der Waals surface area contributed by atoms with Gasteiger partial charge >= 0.3 is 6.09 Å². The maximum atomic E-state index is 12.1. The lowest BCUT2D eigenvalue weighted by molar-refractivity contribution is -0.116. The number of amides is 2. The van der Waals surface area contributed by atoms with E-state index in [2.05, 4.69) is 15.6 Å². The van der Waals surface area contributed by atoms with E-state index in [0.29, 0.717) is 18.0 Å². The maximum absolute atomic E-state index is 12.1. The van der Waals surface area contributed by atoms with Crippen molar-refractivity contribution in [3.05, 3.63) is 60.6 Å². The van der Waals surface area contributed by atoms with E-state index in [1.807, 2.05) is 41.1 Å². The highest BCUT2D eigenvalue weighted by Crippen LogP contribution is 2.19. The number of benzene rings is 1. The lowest BCUT2D eigenvalue weighted by Crippen LogP contribution is -2.34. The minimum absolute atomic E-state index is 0.131. The summed E-state index contributed by atoms with van der Waals surface area (Å²) in [6.45, 7) is 5.85. The van der Waals surface area contributed by atoms with Crippen LogP contribution in [0.3, 0.4) is 0 Å². The van der Waals surface area contributed by atoms with Crippen molar-refractivity contribution in [3.8, 4) is 5.75 Å². The Hall–Kier alpha value is -3.55. The summed E-state index contributed by atoms with van der Waals surface area (Å²) in [6.07, 6.45) is 3.43. The fraction of sp³-hybridized carbons (Fsp3) is 0.318. The van der Waals surface area contributed by atoms with Crippen molar-refractivity contribution in [3.63, 3.8) is 0 Å². The van der Waals surface area contributed by atoms with Gasteiger partial charge in [0.15, 0.2) is 0 Å². The summed E-state index contributed by atoms with van der Waals surface area (Å²) in [7, 11) is 0. The molecule has 2 N–H and O–H groups in total. The molecule has 158 valence electrons. The van der Waals surface area contributed by atoms with Crippen molar-refractivity contribution < 1.29 is 19.1 Å². The zero-order valence-corrected chi connectivity index (χ0v) is 17.3. The molecule has 0 bridgehead atoms. The van der Waals surface area contributed by atoms with Gasteiger partial charge < -0.3 is 24.5 Å². The number of hydrogen-bond acceptors (Lipinski definition) is 5. The second-order valence-electron chi connectivity index (χ2n) is 7.74. The first kappa shape index (κ1) is 21.2. The van der Waals surface area contributed by atoms with Gasteiger partial charge in [0, 0.05) is 37.1 Å². The molecule has 0 saturated carbocycles. The second-order valence-corrected chi connectivity index (χ2v) is 7.74. The Balaban J connectivity index is 1.46. The Morgan fingerprint density at radius 1 is 1.13 bits per heavy atom. The van der Waals surface area contributed by atoms with Gasteiger partial charge in [0.1, 0.15) is 23.6 Å². The van der Waals surface area contributed by atoms with Crippen molar-refractivity contribution in [1.82, 2.24) is 14.7 Å². The van der Waals surface area contributed by atoms with Gasteiger partial charge in [-0.1, -0.05) is 12.1 Å². The van der Waals surface area contributed by atoms with Crippen LogP contribution in [0.15, 0.2) is 54.9 Å². The molecule has 0 aliphatic heterocycles. The summed E-state index contributed by atoms with van der Waals surface area (Å²) in [5, 5.41) is 5.35. The molecule has 2 aromatic heterocycles. The fourth-order valence-corrected chi connectivity index (χ4v) is 2.69. The van der Waals surface area contributed by atoms with Crippen LogP contribution >= 0.6 is 0 Å². The van der Waals surface area contributed by atoms with Gasteiger partial charge in [-0.3, -0.25) is 4.79 Å². The zero-order valence-electron chi connectivity index (χ0n) is 17.3. The molecular formula is C22H26N4O4. The lowest BCUT2D eigenvalue weighted by atomic mass is 10.2. The second kappa shape index (κ2) is 9.30. The predicted octanol–water partition coefficient (Wildman–Crippen LogP) is 3.77. The average Bonchev–Trinajstić information content (AvgIpc) is 3.08. The van der Waals surface area contributed by atoms with Crippen LogP contribution in [-0.2, 0) is 16.1 Å². The SMILES string of the molecule is CC(C)(C)OC(=O)NCCC(=O)Nc1cccc(OCc2cn3ccccc3n2)c1. The molecule has 0 aliphatic rings. The number of ether oxygens (including phenoxy) is 2. The van der Waals surface area contributed by atoms with Crippen molar-refractivity contribution in [1.29, 1.82) is 0 Å². The molecule has 0 atom stereocenters. The minimum Gasteiger partial charge on any atom is -0.487 e. The fourth-order valence-electron chi connectivity index (χ4n) is 2.69. The molecule has 0 radical (unpaired) electrons. The van der Waals surface area contributed by atoms with E-state index in [4.69, 9.17) is 9.47 Å². The van der Waals surface area contributed by atoms with Crippen molar-refractivity contribution in [2.24, 2.45) is 0 Å². The molecule has 0 saturated heterocycles. The van der Waals surface area contributed by atoms with Crippen LogP contribution in [0.4, 0.5) is 10.5 Å². The first-order chi connectivity index (χ1) is 14.3. The van der Waals surface area contributed by atoms with E-state index in [9.17, 15) is 9.59 Å². The van der Waals surface area contributed by atoms with E-state index in [1.54, 1.807) is 39.0 Å². The van der Waals surface area contributed by atoms with Gasteiger partial charge in [0.05, 0.1) is 5.69 Å². The molecule has 2 heterocycles. The summed E-state index contributed by atoms with van der Waals surface area (Å²) in [5.74, 6) is 0.403. The number of rotatable bonds is 7. The molecule has 3 aromatic rings. The number of nitrogens with zero attached hydrogens (tertiary/aromatic N) is 2. The molecular weight excluding hydrogens is 384 g/mol. The van der Waals surface area contributed by atoms with Crippen LogP contribution in [0, 0.1) is 0 Å². The third-order valence-electron chi connectivity index (χ3n) is 3.94. The van der Waals surface area contributed by atoms with Crippen molar-refractivity contribution in [2.45, 2.75) is 39.4 Å². The summed E-state index contributed by atoms with van der Waals surface area (Å²) in [6, 6.07) is 12.9. The number of imidazole rings is 1. The van der Waals surface area contributed by atoms with Crippen LogP contribution < -0.4 is 15.4 Å². The van der Waals surface area contributed by atoms with Crippen LogP contribution in [0.5, 0.6) is 5.75 Å². The Labute approximate surface area is 175 Å². The normalized spacial score (nSPS) is 11.2. The van der Waals surface area contributed by atoms with E-state index >= 15 is 0 Å². The number of carbonyl (C=O) groups is 2. The summed E-state index contributed by atoms with van der Waals surface area (Å²) >= 11 is 0. The van der Waals surface area contributed by atoms with E-state index < -0.39 is 11.7 Å². The average molecular weight is 410 g/mol. The largest absolute Gasteiger partial charge is 0.487 e. The van der Waals surface area contributed by atoms with Gasteiger partial charge in [0.2, 0.25) is 5.91 Å². The number of pyridine rings is 1. The molecule has 1 aromatic carbocycles. The summed E-state index contributed by atoms with van der Waals surface area (Å²) in [4.78, 5) is 28.2. The smallest absolute Gasteiger partial charge is 0.407 e. The van der Waals surface area contributed by atoms with Crippen LogP contribution in [0.25, 0.3) is 5.65 Å². The van der Waals surface area contributed by atoms with E-state index in [-0.39, 0.29) is 18.9 Å². The number of alkyl carbamates (subject to hydrolysis) is 1. The maximum Gasteiger partial charge on any atom is 0.407 e. The molecule has 0 spiro atoms. The van der Waals surface area contributed by atoms with Crippen LogP contribution in [-0.4, -0.2) is 33.5 Å². The zero-order chi connectivity index (χ0) is 21.6. The molecule has 3 rings (SSSR count). The number of nitrogens with one attached hydrogen (secondary N) is 2. The van der Waals surface area contributed by atoms with Gasteiger partial charge in [-0.15, -0.1) is 0 Å². The first-order valence-corrected chi connectivity index (χ1v) is 9.71. The number of fused-ring (bicyclic) bond motifs is 1. The topological polar surface area (TPSA) is 94.0 Å². The molecule has 30 heavy (non-hydrogen) atoms. The summed E-state index contributed by atoms with van der Waals surface area (Å²) in [5.41, 5.74) is 1.71. The van der Waals surface area contributed by atoms with Crippen LogP contribution in [0.1, 0.15) is 32.9 Å². The quantitative estimate of drug-likeness (QED) is 0.618. The van der Waals surface area contributed by atoms with Crippen molar-refractivity contribution in [2.75, 3.05) is 11.9 Å². The standard InChI is InChI=1S/C22H26N4O4/c1-22(2,3)30-21(28)23-11-10-20(27)25-16-7-6-8-18(13-16)29-15-17-14-26-12-5-4-9-19(26)24-17/h4-9,12-14H,10-11,15H2,1-3H3,(H,23,28)(H,25,27). The van der Waals surface area contributed by atoms with Gasteiger partial charge in [0.25, 0.3) is 0 Å². The highest BCUT2D eigenvalue weighted by Gasteiger charge is 2.16. The van der Waals surface area contributed by atoms with Crippen molar-refractivity contribution >= 4 is 23.3 Å². The molecule has 8 nitrogen and oxygen atoms in total. The number of hydrogen-bond donors (Lipinski definition) is 2. The Bertz CT molecular complexity index is 990. The Morgan fingerprint density at radius 2 is 1.97 bits per heavy atom. The molecule has 2 amide bonds. The Morgan fingerprint density at radius 3 is 2.73 bits per heavy atom. The third kappa shape index (κ3) is 6.51. The van der Waals surface area contributed by atoms with E-state index in [0.717, 1.165) is 11.3 Å². The minimum atomic E-state index is -0.573.